The van der Waals surface area contributed by atoms with Gasteiger partial charge in [-0.1, -0.05) is 11.8 Å². The van der Waals surface area contributed by atoms with Crippen LogP contribution < -0.4 is 0 Å². The number of carbonyl (C=O) groups excluding carboxylic acids is 1. The van der Waals surface area contributed by atoms with Crippen LogP contribution in [0.4, 0.5) is 0 Å². The third-order valence-corrected chi connectivity index (χ3v) is 3.30. The lowest BCUT2D eigenvalue weighted by Crippen LogP contribution is -2.57. The van der Waals surface area contributed by atoms with Crippen LogP contribution >= 0.6 is 11.8 Å². The number of aliphatic hydroxyl groups is 3. The molecule has 5 atom stereocenters. The van der Waals surface area contributed by atoms with Crippen LogP contribution in [0, 0.1) is 0 Å². The van der Waals surface area contributed by atoms with Crippen LogP contribution in [0.3, 0.4) is 0 Å². The van der Waals surface area contributed by atoms with Gasteiger partial charge < -0.3 is 20.1 Å². The summed E-state index contributed by atoms with van der Waals surface area (Å²) >= 11 is 1.03. The fourth-order valence-corrected chi connectivity index (χ4v) is 2.15. The summed E-state index contributed by atoms with van der Waals surface area (Å²) in [6.45, 7) is 3.04. The van der Waals surface area contributed by atoms with Gasteiger partial charge >= 0.3 is 0 Å². The Morgan fingerprint density at radius 1 is 1.27 bits per heavy atom. The van der Waals surface area contributed by atoms with Gasteiger partial charge in [-0.05, 0) is 6.92 Å². The fourth-order valence-electron chi connectivity index (χ4n) is 1.47. The van der Waals surface area contributed by atoms with E-state index in [1.54, 1.807) is 6.92 Å². The monoisotopic (exact) mass is 236 g/mol. The summed E-state index contributed by atoms with van der Waals surface area (Å²) in [6.07, 6.45) is -4.61. The van der Waals surface area contributed by atoms with E-state index in [2.05, 4.69) is 0 Å². The Labute approximate surface area is 92.4 Å². The number of thioether (sulfide) groups is 1. The maximum absolute atomic E-state index is 10.7. The van der Waals surface area contributed by atoms with E-state index in [0.29, 0.717) is 0 Å². The molecule has 0 aromatic carbocycles. The van der Waals surface area contributed by atoms with Crippen molar-refractivity contribution in [1.82, 2.24) is 0 Å². The van der Waals surface area contributed by atoms with Crippen LogP contribution in [0.5, 0.6) is 0 Å². The van der Waals surface area contributed by atoms with Crippen molar-refractivity contribution >= 4 is 16.9 Å². The first-order valence-electron chi connectivity index (χ1n) is 4.76. The number of hydrogen-bond donors (Lipinski definition) is 3. The van der Waals surface area contributed by atoms with Crippen molar-refractivity contribution < 1.29 is 24.9 Å². The van der Waals surface area contributed by atoms with Crippen molar-refractivity contribution in [1.29, 1.82) is 0 Å². The quantitative estimate of drug-likeness (QED) is 0.578. The van der Waals surface area contributed by atoms with Crippen molar-refractivity contribution in [2.24, 2.45) is 0 Å². The number of aliphatic hydroxyl groups excluding tert-OH is 3. The maximum Gasteiger partial charge on any atom is 0.185 e. The minimum Gasteiger partial charge on any atom is -0.388 e. The lowest BCUT2D eigenvalue weighted by Gasteiger charge is -2.39. The van der Waals surface area contributed by atoms with Gasteiger partial charge in [0.2, 0.25) is 0 Å². The van der Waals surface area contributed by atoms with Gasteiger partial charge in [0.05, 0.1) is 12.2 Å². The van der Waals surface area contributed by atoms with Crippen LogP contribution in [-0.2, 0) is 9.53 Å². The largest absolute Gasteiger partial charge is 0.388 e. The SMILES string of the molecule is CC(=O)SCC1OC(C)C(O)C(O)C1O. The standard InChI is InChI=1S/C9H16O5S/c1-4-7(11)9(13)8(12)6(14-4)3-15-5(2)10/h4,6-9,11-13H,3H2,1-2H3. The molecule has 0 bridgehead atoms. The molecule has 0 radical (unpaired) electrons. The molecule has 1 fully saturated rings. The number of rotatable bonds is 2. The third-order valence-electron chi connectivity index (χ3n) is 2.40. The summed E-state index contributed by atoms with van der Waals surface area (Å²) in [6, 6.07) is 0. The predicted octanol–water partition coefficient (Wildman–Crippen LogP) is -0.864. The van der Waals surface area contributed by atoms with Crippen molar-refractivity contribution in [3.63, 3.8) is 0 Å². The van der Waals surface area contributed by atoms with E-state index in [1.165, 1.54) is 6.92 Å². The van der Waals surface area contributed by atoms with E-state index >= 15 is 0 Å². The third kappa shape index (κ3) is 3.15. The van der Waals surface area contributed by atoms with E-state index in [0.717, 1.165) is 11.8 Å². The van der Waals surface area contributed by atoms with E-state index in [4.69, 9.17) is 4.74 Å². The molecule has 1 aliphatic rings. The van der Waals surface area contributed by atoms with Gasteiger partial charge in [-0.15, -0.1) is 0 Å². The second-order valence-electron chi connectivity index (χ2n) is 3.65. The highest BCUT2D eigenvalue weighted by Gasteiger charge is 2.41. The average Bonchev–Trinajstić information content (AvgIpc) is 2.18. The second kappa shape index (κ2) is 5.27. The zero-order valence-electron chi connectivity index (χ0n) is 8.66. The number of ether oxygens (including phenoxy) is 1. The topological polar surface area (TPSA) is 87.0 Å². The van der Waals surface area contributed by atoms with Gasteiger partial charge in [0.1, 0.15) is 18.3 Å². The first-order valence-corrected chi connectivity index (χ1v) is 5.75. The molecule has 1 heterocycles. The van der Waals surface area contributed by atoms with Crippen molar-refractivity contribution in [2.45, 2.75) is 44.4 Å². The zero-order chi connectivity index (χ0) is 11.6. The van der Waals surface area contributed by atoms with Gasteiger partial charge in [-0.3, -0.25) is 4.79 Å². The first kappa shape index (κ1) is 12.9. The molecule has 1 rings (SSSR count). The smallest absolute Gasteiger partial charge is 0.185 e. The fraction of sp³-hybridized carbons (Fsp3) is 0.889. The number of hydrogen-bond acceptors (Lipinski definition) is 6. The molecule has 0 aromatic rings. The van der Waals surface area contributed by atoms with Crippen molar-refractivity contribution in [3.8, 4) is 0 Å². The molecule has 0 aliphatic carbocycles. The van der Waals surface area contributed by atoms with Gasteiger partial charge in [-0.25, -0.2) is 0 Å². The molecule has 5 nitrogen and oxygen atoms in total. The van der Waals surface area contributed by atoms with Crippen molar-refractivity contribution in [3.05, 3.63) is 0 Å². The lowest BCUT2D eigenvalue weighted by atomic mass is 9.96. The first-order chi connectivity index (χ1) is 6.93. The van der Waals surface area contributed by atoms with Crippen LogP contribution in [-0.4, -0.2) is 56.7 Å². The molecule has 0 spiro atoms. The van der Waals surface area contributed by atoms with E-state index in [9.17, 15) is 20.1 Å². The van der Waals surface area contributed by atoms with Crippen LogP contribution in [0.15, 0.2) is 0 Å². The minimum atomic E-state index is -1.22. The second-order valence-corrected chi connectivity index (χ2v) is 4.85. The molecular formula is C9H16O5S. The summed E-state index contributed by atoms with van der Waals surface area (Å²) in [5.41, 5.74) is 0. The summed E-state index contributed by atoms with van der Waals surface area (Å²) in [4.78, 5) is 10.7. The highest BCUT2D eigenvalue weighted by molar-refractivity contribution is 8.13. The molecule has 1 aliphatic heterocycles. The van der Waals surface area contributed by atoms with Gasteiger partial charge in [0.25, 0.3) is 0 Å². The highest BCUT2D eigenvalue weighted by atomic mass is 32.2. The number of carbonyl (C=O) groups is 1. The van der Waals surface area contributed by atoms with Crippen LogP contribution in [0.25, 0.3) is 0 Å². The molecular weight excluding hydrogens is 220 g/mol. The molecule has 1 saturated heterocycles. The summed E-state index contributed by atoms with van der Waals surface area (Å²) in [7, 11) is 0. The molecule has 0 aromatic heterocycles. The Hall–Kier alpha value is -0.140. The molecule has 0 saturated carbocycles. The van der Waals surface area contributed by atoms with E-state index in [-0.39, 0.29) is 10.9 Å². The summed E-state index contributed by atoms with van der Waals surface area (Å²) in [5, 5.41) is 28.4. The van der Waals surface area contributed by atoms with Gasteiger partial charge in [-0.2, -0.15) is 0 Å². The van der Waals surface area contributed by atoms with E-state index < -0.39 is 30.5 Å². The van der Waals surface area contributed by atoms with Crippen molar-refractivity contribution in [2.75, 3.05) is 5.75 Å². The average molecular weight is 236 g/mol. The minimum absolute atomic E-state index is 0.0703. The molecule has 5 unspecified atom stereocenters. The predicted molar refractivity (Wildman–Crippen MR) is 55.5 cm³/mol. The Morgan fingerprint density at radius 2 is 1.87 bits per heavy atom. The zero-order valence-corrected chi connectivity index (χ0v) is 9.48. The van der Waals surface area contributed by atoms with E-state index in [1.807, 2.05) is 0 Å². The normalized spacial score (nSPS) is 41.5. The van der Waals surface area contributed by atoms with Gasteiger partial charge in [0.15, 0.2) is 5.12 Å². The summed E-state index contributed by atoms with van der Waals surface area (Å²) < 4.78 is 5.30. The Balaban J connectivity index is 2.54. The molecule has 6 heteroatoms. The molecule has 3 N–H and O–H groups in total. The molecule has 15 heavy (non-hydrogen) atoms. The molecule has 0 amide bonds. The van der Waals surface area contributed by atoms with Crippen LogP contribution in [0.1, 0.15) is 13.8 Å². The Bertz CT molecular complexity index is 235. The summed E-state index contributed by atoms with van der Waals surface area (Å²) in [5.74, 6) is 0.282. The van der Waals surface area contributed by atoms with Crippen LogP contribution in [0.2, 0.25) is 0 Å². The lowest BCUT2D eigenvalue weighted by molar-refractivity contribution is -0.210. The Morgan fingerprint density at radius 3 is 2.40 bits per heavy atom. The highest BCUT2D eigenvalue weighted by Crippen LogP contribution is 2.23. The van der Waals surface area contributed by atoms with Gasteiger partial charge in [0, 0.05) is 12.7 Å². The Kier molecular flexibility index (Phi) is 4.54. The maximum atomic E-state index is 10.7. The molecule has 88 valence electrons.